The van der Waals surface area contributed by atoms with Crippen LogP contribution in [0.15, 0.2) is 35.2 Å². The summed E-state index contributed by atoms with van der Waals surface area (Å²) in [7, 11) is 0. The lowest BCUT2D eigenvalue weighted by atomic mass is 9.91. The highest BCUT2D eigenvalue weighted by atomic mass is 32.2. The summed E-state index contributed by atoms with van der Waals surface area (Å²) < 4.78 is 0. The molecule has 1 aliphatic carbocycles. The van der Waals surface area contributed by atoms with Gasteiger partial charge in [0.1, 0.15) is 0 Å². The summed E-state index contributed by atoms with van der Waals surface area (Å²) in [6, 6.07) is 11.1. The molecule has 0 aromatic heterocycles. The predicted molar refractivity (Wildman–Crippen MR) is 93.4 cm³/mol. The number of piperazine rings is 1. The van der Waals surface area contributed by atoms with Crippen molar-refractivity contribution in [2.45, 2.75) is 42.7 Å². The first-order valence-electron chi connectivity index (χ1n) is 8.65. The van der Waals surface area contributed by atoms with Gasteiger partial charge in [-0.2, -0.15) is 0 Å². The number of hydrogen-bond acceptors (Lipinski definition) is 4. The quantitative estimate of drug-likeness (QED) is 0.844. The molecule has 1 heterocycles. The van der Waals surface area contributed by atoms with Gasteiger partial charge in [-0.3, -0.25) is 9.80 Å². The fourth-order valence-corrected chi connectivity index (χ4v) is 4.58. The second kappa shape index (κ2) is 8.34. The number of hydrogen-bond donors (Lipinski definition) is 1. The lowest BCUT2D eigenvalue weighted by Gasteiger charge is -2.42. The Labute approximate surface area is 138 Å². The van der Waals surface area contributed by atoms with E-state index < -0.39 is 0 Å². The van der Waals surface area contributed by atoms with E-state index >= 15 is 0 Å². The standard InChI is InChI=1S/C18H28N2OS/c21-18-9-5-4-8-17(18)20-12-10-19(11-13-20)14-15-22-16-6-2-1-3-7-16/h1-3,6-7,17-18,21H,4-5,8-15H2/t17-,18+/m1/s1. The average molecular weight is 321 g/mol. The topological polar surface area (TPSA) is 26.7 Å². The molecule has 1 aromatic rings. The van der Waals surface area contributed by atoms with Crippen LogP contribution in [0.3, 0.4) is 0 Å². The number of aliphatic hydroxyl groups is 1. The van der Waals surface area contributed by atoms with E-state index in [-0.39, 0.29) is 6.10 Å². The van der Waals surface area contributed by atoms with Crippen LogP contribution in [0.5, 0.6) is 0 Å². The highest BCUT2D eigenvalue weighted by molar-refractivity contribution is 7.99. The molecule has 0 bridgehead atoms. The minimum absolute atomic E-state index is 0.0889. The predicted octanol–water partition coefficient (Wildman–Crippen LogP) is 2.70. The van der Waals surface area contributed by atoms with Gasteiger partial charge in [-0.25, -0.2) is 0 Å². The molecule has 0 unspecified atom stereocenters. The van der Waals surface area contributed by atoms with Gasteiger partial charge < -0.3 is 5.11 Å². The first kappa shape index (κ1) is 16.3. The Balaban J connectivity index is 1.36. The van der Waals surface area contributed by atoms with E-state index in [4.69, 9.17) is 0 Å². The molecule has 4 heteroatoms. The van der Waals surface area contributed by atoms with Crippen molar-refractivity contribution in [3.8, 4) is 0 Å². The highest BCUT2D eigenvalue weighted by Crippen LogP contribution is 2.24. The minimum Gasteiger partial charge on any atom is -0.391 e. The molecule has 1 N–H and O–H groups in total. The zero-order valence-corrected chi connectivity index (χ0v) is 14.2. The average Bonchev–Trinajstić information content (AvgIpc) is 2.57. The van der Waals surface area contributed by atoms with Gasteiger partial charge in [-0.15, -0.1) is 11.8 Å². The third-order valence-corrected chi connectivity index (χ3v) is 5.98. The number of rotatable bonds is 5. The van der Waals surface area contributed by atoms with E-state index in [0.717, 1.165) is 38.4 Å². The molecule has 1 aromatic carbocycles. The van der Waals surface area contributed by atoms with Crippen LogP contribution in [0.25, 0.3) is 0 Å². The third kappa shape index (κ3) is 4.48. The molecule has 0 radical (unpaired) electrons. The van der Waals surface area contributed by atoms with Gasteiger partial charge >= 0.3 is 0 Å². The van der Waals surface area contributed by atoms with Crippen LogP contribution in [-0.4, -0.2) is 65.5 Å². The summed E-state index contributed by atoms with van der Waals surface area (Å²) in [5.41, 5.74) is 0. The van der Waals surface area contributed by atoms with Crippen LogP contribution >= 0.6 is 11.8 Å². The first-order valence-corrected chi connectivity index (χ1v) is 9.64. The minimum atomic E-state index is -0.0889. The Kier molecular flexibility index (Phi) is 6.19. The van der Waals surface area contributed by atoms with Gasteiger partial charge in [-0.1, -0.05) is 31.0 Å². The summed E-state index contributed by atoms with van der Waals surface area (Å²) in [5.74, 6) is 1.16. The molecule has 2 atom stereocenters. The summed E-state index contributed by atoms with van der Waals surface area (Å²) >= 11 is 1.95. The van der Waals surface area contributed by atoms with Crippen molar-refractivity contribution in [2.75, 3.05) is 38.5 Å². The van der Waals surface area contributed by atoms with Crippen molar-refractivity contribution in [1.82, 2.24) is 9.80 Å². The second-order valence-electron chi connectivity index (χ2n) is 6.46. The zero-order chi connectivity index (χ0) is 15.2. The molecule has 2 fully saturated rings. The third-order valence-electron chi connectivity index (χ3n) is 4.99. The SMILES string of the molecule is O[C@H]1CCCC[C@H]1N1CCN(CCSc2ccccc2)CC1. The lowest BCUT2D eigenvalue weighted by molar-refractivity contribution is -0.00254. The largest absolute Gasteiger partial charge is 0.391 e. The van der Waals surface area contributed by atoms with Crippen LogP contribution in [-0.2, 0) is 0 Å². The Hall–Kier alpha value is -0.550. The molecule has 1 aliphatic heterocycles. The smallest absolute Gasteiger partial charge is 0.0695 e. The number of nitrogens with zero attached hydrogens (tertiary/aromatic N) is 2. The molecule has 0 amide bonds. The van der Waals surface area contributed by atoms with Gasteiger partial charge in [0.15, 0.2) is 0 Å². The monoisotopic (exact) mass is 320 g/mol. The summed E-state index contributed by atoms with van der Waals surface area (Å²) in [6.07, 6.45) is 4.59. The van der Waals surface area contributed by atoms with Gasteiger partial charge in [0.25, 0.3) is 0 Å². The number of thioether (sulfide) groups is 1. The molecule has 1 saturated carbocycles. The molecule has 1 saturated heterocycles. The van der Waals surface area contributed by atoms with Crippen molar-refractivity contribution in [3.63, 3.8) is 0 Å². The van der Waals surface area contributed by atoms with Gasteiger partial charge in [0.05, 0.1) is 6.10 Å². The molecule has 122 valence electrons. The summed E-state index contributed by atoms with van der Waals surface area (Å²) in [4.78, 5) is 6.47. The van der Waals surface area contributed by atoms with Crippen molar-refractivity contribution >= 4 is 11.8 Å². The normalized spacial score (nSPS) is 27.9. The van der Waals surface area contributed by atoms with E-state index in [1.165, 1.54) is 30.7 Å². The highest BCUT2D eigenvalue weighted by Gasteiger charge is 2.30. The number of benzene rings is 1. The van der Waals surface area contributed by atoms with E-state index in [9.17, 15) is 5.11 Å². The van der Waals surface area contributed by atoms with Crippen molar-refractivity contribution in [2.24, 2.45) is 0 Å². The van der Waals surface area contributed by atoms with Crippen LogP contribution in [0.1, 0.15) is 25.7 Å². The Morgan fingerprint density at radius 3 is 2.45 bits per heavy atom. The Morgan fingerprint density at radius 2 is 1.73 bits per heavy atom. The zero-order valence-electron chi connectivity index (χ0n) is 13.4. The van der Waals surface area contributed by atoms with Crippen LogP contribution in [0.2, 0.25) is 0 Å². The first-order chi connectivity index (χ1) is 10.8. The molecule has 3 rings (SSSR count). The molecular formula is C18H28N2OS. The molecule has 2 aliphatic rings. The van der Waals surface area contributed by atoms with Gasteiger partial charge in [0.2, 0.25) is 0 Å². The lowest BCUT2D eigenvalue weighted by Crippen LogP contribution is -2.54. The van der Waals surface area contributed by atoms with Crippen LogP contribution in [0.4, 0.5) is 0 Å². The van der Waals surface area contributed by atoms with Crippen LogP contribution in [0, 0.1) is 0 Å². The maximum Gasteiger partial charge on any atom is 0.0695 e. The Morgan fingerprint density at radius 1 is 1.00 bits per heavy atom. The summed E-state index contributed by atoms with van der Waals surface area (Å²) in [5, 5.41) is 10.2. The molecule has 22 heavy (non-hydrogen) atoms. The maximum atomic E-state index is 10.2. The molecule has 0 spiro atoms. The van der Waals surface area contributed by atoms with E-state index in [2.05, 4.69) is 40.1 Å². The summed E-state index contributed by atoms with van der Waals surface area (Å²) in [6.45, 7) is 5.72. The molecular weight excluding hydrogens is 292 g/mol. The van der Waals surface area contributed by atoms with Crippen LogP contribution < -0.4 is 0 Å². The van der Waals surface area contributed by atoms with Crippen molar-refractivity contribution in [1.29, 1.82) is 0 Å². The molecule has 3 nitrogen and oxygen atoms in total. The fraction of sp³-hybridized carbons (Fsp3) is 0.667. The Bertz CT molecular complexity index is 434. The maximum absolute atomic E-state index is 10.2. The van der Waals surface area contributed by atoms with E-state index in [1.54, 1.807) is 0 Å². The van der Waals surface area contributed by atoms with E-state index in [0.29, 0.717) is 6.04 Å². The second-order valence-corrected chi connectivity index (χ2v) is 7.63. The van der Waals surface area contributed by atoms with Crippen molar-refractivity contribution < 1.29 is 5.11 Å². The van der Waals surface area contributed by atoms with Gasteiger partial charge in [0, 0.05) is 49.4 Å². The fourth-order valence-electron chi connectivity index (χ4n) is 3.65. The van der Waals surface area contributed by atoms with Crippen molar-refractivity contribution in [3.05, 3.63) is 30.3 Å². The number of aliphatic hydroxyl groups excluding tert-OH is 1. The van der Waals surface area contributed by atoms with Gasteiger partial charge in [-0.05, 0) is 25.0 Å². The van der Waals surface area contributed by atoms with E-state index in [1.807, 2.05) is 11.8 Å².